The molecule has 132 valence electrons. The van der Waals surface area contributed by atoms with Crippen LogP contribution >= 0.6 is 15.9 Å². The van der Waals surface area contributed by atoms with Gasteiger partial charge in [0.25, 0.3) is 5.91 Å². The predicted molar refractivity (Wildman–Crippen MR) is 93.9 cm³/mol. The molecule has 1 heterocycles. The van der Waals surface area contributed by atoms with Crippen LogP contribution in [0.3, 0.4) is 0 Å². The summed E-state index contributed by atoms with van der Waals surface area (Å²) in [5, 5.41) is 2.95. The van der Waals surface area contributed by atoms with E-state index in [2.05, 4.69) is 21.2 Å². The second kappa shape index (κ2) is 9.76. The van der Waals surface area contributed by atoms with Crippen molar-refractivity contribution in [2.24, 2.45) is 0 Å². The highest BCUT2D eigenvalue weighted by Crippen LogP contribution is 2.20. The topological polar surface area (TPSA) is 67.9 Å². The molecule has 1 aromatic rings. The molecule has 24 heavy (non-hydrogen) atoms. The maximum absolute atomic E-state index is 12.5. The Morgan fingerprint density at radius 1 is 1.25 bits per heavy atom. The summed E-state index contributed by atoms with van der Waals surface area (Å²) in [5.41, 5.74) is 0.673. The van der Waals surface area contributed by atoms with Crippen LogP contribution in [0.4, 0.5) is 0 Å². The van der Waals surface area contributed by atoms with Crippen LogP contribution in [0, 0.1) is 0 Å². The van der Waals surface area contributed by atoms with Crippen LogP contribution in [0.2, 0.25) is 0 Å². The van der Waals surface area contributed by atoms with Crippen LogP contribution in [0.5, 0.6) is 0 Å². The van der Waals surface area contributed by atoms with Crippen molar-refractivity contribution in [1.29, 1.82) is 0 Å². The number of likely N-dealkylation sites (tertiary alicyclic amines) is 1. The Bertz CT molecular complexity index is 559. The van der Waals surface area contributed by atoms with Gasteiger partial charge in [0.05, 0.1) is 18.8 Å². The summed E-state index contributed by atoms with van der Waals surface area (Å²) in [6.07, 6.45) is 1.50. The fourth-order valence-electron chi connectivity index (χ4n) is 2.61. The van der Waals surface area contributed by atoms with E-state index in [1.807, 2.05) is 29.2 Å². The summed E-state index contributed by atoms with van der Waals surface area (Å²) in [6.45, 7) is 2.19. The third-order valence-electron chi connectivity index (χ3n) is 3.92. The molecule has 0 atom stereocenters. The Morgan fingerprint density at radius 3 is 2.62 bits per heavy atom. The molecule has 0 aromatic heterocycles. The van der Waals surface area contributed by atoms with Gasteiger partial charge in [-0.15, -0.1) is 0 Å². The fraction of sp³-hybridized carbons (Fsp3) is 0.529. The Morgan fingerprint density at radius 2 is 1.96 bits per heavy atom. The number of hydrogen-bond donors (Lipinski definition) is 1. The molecular weight excluding hydrogens is 376 g/mol. The summed E-state index contributed by atoms with van der Waals surface area (Å²) in [4.78, 5) is 26.2. The second-order valence-electron chi connectivity index (χ2n) is 5.66. The van der Waals surface area contributed by atoms with E-state index in [4.69, 9.17) is 9.47 Å². The molecule has 6 nitrogen and oxygen atoms in total. The number of halogens is 1. The van der Waals surface area contributed by atoms with Gasteiger partial charge in [-0.25, -0.2) is 0 Å². The molecule has 1 fully saturated rings. The Hall–Kier alpha value is -1.44. The van der Waals surface area contributed by atoms with E-state index in [1.165, 1.54) is 0 Å². The lowest BCUT2D eigenvalue weighted by Gasteiger charge is -2.32. The number of benzene rings is 1. The monoisotopic (exact) mass is 398 g/mol. The first-order chi connectivity index (χ1) is 11.6. The SMILES string of the molecule is COCCOCC(=O)NC1CCN(C(=O)c2ccccc2Br)CC1. The van der Waals surface area contributed by atoms with E-state index >= 15 is 0 Å². The third kappa shape index (κ3) is 5.58. The molecule has 1 aromatic carbocycles. The molecule has 0 aliphatic carbocycles. The average molecular weight is 399 g/mol. The molecule has 2 rings (SSSR count). The molecule has 1 aliphatic rings. The van der Waals surface area contributed by atoms with Crippen molar-refractivity contribution in [1.82, 2.24) is 10.2 Å². The lowest BCUT2D eigenvalue weighted by Crippen LogP contribution is -2.47. The van der Waals surface area contributed by atoms with Gasteiger partial charge in [0.15, 0.2) is 0 Å². The quantitative estimate of drug-likeness (QED) is 0.711. The molecular formula is C17H23BrN2O4. The van der Waals surface area contributed by atoms with E-state index in [0.29, 0.717) is 31.9 Å². The number of piperidine rings is 1. The van der Waals surface area contributed by atoms with Crippen LogP contribution < -0.4 is 5.32 Å². The van der Waals surface area contributed by atoms with Crippen molar-refractivity contribution in [2.45, 2.75) is 18.9 Å². The van der Waals surface area contributed by atoms with Crippen LogP contribution in [-0.2, 0) is 14.3 Å². The molecule has 0 unspecified atom stereocenters. The summed E-state index contributed by atoms with van der Waals surface area (Å²) < 4.78 is 10.9. The van der Waals surface area contributed by atoms with E-state index in [9.17, 15) is 9.59 Å². The number of hydrogen-bond acceptors (Lipinski definition) is 4. The summed E-state index contributed by atoms with van der Waals surface area (Å²) in [7, 11) is 1.59. The van der Waals surface area contributed by atoms with Gasteiger partial charge >= 0.3 is 0 Å². The highest BCUT2D eigenvalue weighted by Gasteiger charge is 2.25. The van der Waals surface area contributed by atoms with Crippen molar-refractivity contribution >= 4 is 27.7 Å². The fourth-order valence-corrected chi connectivity index (χ4v) is 3.06. The van der Waals surface area contributed by atoms with Crippen molar-refractivity contribution in [2.75, 3.05) is 40.0 Å². The molecule has 0 spiro atoms. The first-order valence-corrected chi connectivity index (χ1v) is 8.81. The molecule has 0 saturated carbocycles. The van der Waals surface area contributed by atoms with Crippen molar-refractivity contribution in [3.63, 3.8) is 0 Å². The summed E-state index contributed by atoms with van der Waals surface area (Å²) >= 11 is 3.42. The predicted octanol–water partition coefficient (Wildman–Crippen LogP) is 1.83. The Balaban J connectivity index is 1.74. The number of nitrogens with zero attached hydrogens (tertiary/aromatic N) is 1. The van der Waals surface area contributed by atoms with Crippen molar-refractivity contribution in [3.05, 3.63) is 34.3 Å². The van der Waals surface area contributed by atoms with Crippen molar-refractivity contribution in [3.8, 4) is 0 Å². The smallest absolute Gasteiger partial charge is 0.254 e. The highest BCUT2D eigenvalue weighted by atomic mass is 79.9. The number of carbonyl (C=O) groups excluding carboxylic acids is 2. The number of amides is 2. The largest absolute Gasteiger partial charge is 0.382 e. The zero-order chi connectivity index (χ0) is 17.4. The Labute approximate surface area is 150 Å². The van der Waals surface area contributed by atoms with E-state index in [-0.39, 0.29) is 24.5 Å². The molecule has 1 N–H and O–H groups in total. The minimum atomic E-state index is -0.123. The number of nitrogens with one attached hydrogen (secondary N) is 1. The first kappa shape index (κ1) is 18.9. The number of rotatable bonds is 7. The van der Waals surface area contributed by atoms with Gasteiger partial charge in [-0.2, -0.15) is 0 Å². The molecule has 1 saturated heterocycles. The van der Waals surface area contributed by atoms with Crippen LogP contribution in [0.15, 0.2) is 28.7 Å². The Kier molecular flexibility index (Phi) is 7.68. The van der Waals surface area contributed by atoms with Gasteiger partial charge in [0, 0.05) is 30.7 Å². The average Bonchev–Trinajstić information content (AvgIpc) is 2.59. The molecule has 1 aliphatic heterocycles. The van der Waals surface area contributed by atoms with Gasteiger partial charge in [0.1, 0.15) is 6.61 Å². The van der Waals surface area contributed by atoms with Gasteiger partial charge in [-0.05, 0) is 40.9 Å². The number of ether oxygens (including phenoxy) is 2. The zero-order valence-electron chi connectivity index (χ0n) is 13.8. The van der Waals surface area contributed by atoms with Crippen LogP contribution in [0.25, 0.3) is 0 Å². The maximum Gasteiger partial charge on any atom is 0.254 e. The molecule has 0 bridgehead atoms. The van der Waals surface area contributed by atoms with Crippen LogP contribution in [-0.4, -0.2) is 62.8 Å². The maximum atomic E-state index is 12.5. The second-order valence-corrected chi connectivity index (χ2v) is 6.51. The molecule has 7 heteroatoms. The van der Waals surface area contributed by atoms with E-state index < -0.39 is 0 Å². The minimum absolute atomic E-state index is 0.0233. The highest BCUT2D eigenvalue weighted by molar-refractivity contribution is 9.10. The lowest BCUT2D eigenvalue weighted by atomic mass is 10.0. The van der Waals surface area contributed by atoms with Gasteiger partial charge in [-0.3, -0.25) is 9.59 Å². The van der Waals surface area contributed by atoms with Gasteiger partial charge < -0.3 is 19.7 Å². The summed E-state index contributed by atoms with van der Waals surface area (Å²) in [6, 6.07) is 7.51. The third-order valence-corrected chi connectivity index (χ3v) is 4.61. The van der Waals surface area contributed by atoms with Crippen LogP contribution in [0.1, 0.15) is 23.2 Å². The minimum Gasteiger partial charge on any atom is -0.382 e. The number of methoxy groups -OCH3 is 1. The zero-order valence-corrected chi connectivity index (χ0v) is 15.4. The summed E-state index contributed by atoms with van der Waals surface area (Å²) in [5.74, 6) is -0.100. The number of carbonyl (C=O) groups is 2. The van der Waals surface area contributed by atoms with Gasteiger partial charge in [-0.1, -0.05) is 12.1 Å². The standard InChI is InChI=1S/C17H23BrN2O4/c1-23-10-11-24-12-16(21)19-13-6-8-20(9-7-13)17(22)14-4-2-3-5-15(14)18/h2-5,13H,6-12H2,1H3,(H,19,21). The van der Waals surface area contributed by atoms with Gasteiger partial charge in [0.2, 0.25) is 5.91 Å². The van der Waals surface area contributed by atoms with E-state index in [0.717, 1.165) is 17.3 Å². The lowest BCUT2D eigenvalue weighted by molar-refractivity contribution is -0.127. The molecule has 2 amide bonds. The molecule has 0 radical (unpaired) electrons. The normalized spacial score (nSPS) is 15.3. The van der Waals surface area contributed by atoms with E-state index in [1.54, 1.807) is 7.11 Å². The first-order valence-electron chi connectivity index (χ1n) is 8.01. The van der Waals surface area contributed by atoms with Crippen molar-refractivity contribution < 1.29 is 19.1 Å².